The molecule has 2 aromatic rings. The van der Waals surface area contributed by atoms with E-state index in [1.807, 2.05) is 0 Å². The maximum absolute atomic E-state index is 13.5. The predicted molar refractivity (Wildman–Crippen MR) is 71.2 cm³/mol. The molecule has 0 atom stereocenters. The van der Waals surface area contributed by atoms with Gasteiger partial charge in [-0.2, -0.15) is 13.2 Å². The fourth-order valence-electron chi connectivity index (χ4n) is 1.71. The molecule has 1 aromatic carbocycles. The maximum Gasteiger partial charge on any atom is 0.417 e. The van der Waals surface area contributed by atoms with Crippen molar-refractivity contribution in [1.82, 2.24) is 10.3 Å². The van der Waals surface area contributed by atoms with Crippen molar-refractivity contribution >= 4 is 11.6 Å². The zero-order valence-electron chi connectivity index (χ0n) is 10.7. The summed E-state index contributed by atoms with van der Waals surface area (Å²) in [5.41, 5.74) is -0.0649. The van der Waals surface area contributed by atoms with E-state index >= 15 is 0 Å². The summed E-state index contributed by atoms with van der Waals surface area (Å²) >= 11 is 5.86. The molecule has 1 heterocycles. The normalized spacial score (nSPS) is 11.7. The molecule has 1 aromatic heterocycles. The molecular formula is C14H11ClF4N2. The Morgan fingerprint density at radius 1 is 1.10 bits per heavy atom. The molecule has 0 spiro atoms. The standard InChI is InChI=1S/C14H11ClF4N2/c15-12-2-1-3-13(16)11(12)8-20-7-10-5-4-9(6-21-10)14(17,18)19/h1-6,20H,7-8H2. The van der Waals surface area contributed by atoms with E-state index in [0.717, 1.165) is 12.3 Å². The van der Waals surface area contributed by atoms with Gasteiger partial charge in [0.1, 0.15) is 5.82 Å². The molecular weight excluding hydrogens is 308 g/mol. The van der Waals surface area contributed by atoms with Crippen LogP contribution in [0.25, 0.3) is 0 Å². The van der Waals surface area contributed by atoms with Crippen LogP contribution in [0, 0.1) is 5.82 Å². The Morgan fingerprint density at radius 3 is 2.43 bits per heavy atom. The highest BCUT2D eigenvalue weighted by Gasteiger charge is 2.30. The summed E-state index contributed by atoms with van der Waals surface area (Å²) < 4.78 is 50.6. The Kier molecular flexibility index (Phi) is 4.80. The summed E-state index contributed by atoms with van der Waals surface area (Å²) in [5, 5.41) is 3.18. The fraction of sp³-hybridized carbons (Fsp3) is 0.214. The van der Waals surface area contributed by atoms with Crippen LogP contribution in [-0.4, -0.2) is 4.98 Å². The van der Waals surface area contributed by atoms with Crippen LogP contribution >= 0.6 is 11.6 Å². The summed E-state index contributed by atoms with van der Waals surface area (Å²) in [7, 11) is 0. The second-order valence-electron chi connectivity index (χ2n) is 4.34. The lowest BCUT2D eigenvalue weighted by molar-refractivity contribution is -0.137. The number of hydrogen-bond donors (Lipinski definition) is 1. The van der Waals surface area contributed by atoms with Crippen molar-refractivity contribution in [2.24, 2.45) is 0 Å². The summed E-state index contributed by atoms with van der Waals surface area (Å²) in [6.07, 6.45) is -3.63. The van der Waals surface area contributed by atoms with Crippen LogP contribution in [0.1, 0.15) is 16.8 Å². The van der Waals surface area contributed by atoms with Gasteiger partial charge < -0.3 is 5.32 Å². The van der Waals surface area contributed by atoms with E-state index in [0.29, 0.717) is 16.3 Å². The second kappa shape index (κ2) is 6.41. The van der Waals surface area contributed by atoms with E-state index < -0.39 is 17.6 Å². The number of nitrogens with zero attached hydrogens (tertiary/aromatic N) is 1. The molecule has 0 bridgehead atoms. The maximum atomic E-state index is 13.5. The van der Waals surface area contributed by atoms with Crippen LogP contribution in [0.5, 0.6) is 0 Å². The molecule has 0 aliphatic rings. The SMILES string of the molecule is Fc1cccc(Cl)c1CNCc1ccc(C(F)(F)F)cn1. The van der Waals surface area contributed by atoms with Gasteiger partial charge in [-0.1, -0.05) is 17.7 Å². The molecule has 0 aliphatic carbocycles. The van der Waals surface area contributed by atoms with Gasteiger partial charge in [0.25, 0.3) is 0 Å². The van der Waals surface area contributed by atoms with Crippen molar-refractivity contribution in [3.8, 4) is 0 Å². The molecule has 21 heavy (non-hydrogen) atoms. The Bertz CT molecular complexity index is 591. The fourth-order valence-corrected chi connectivity index (χ4v) is 1.94. The number of hydrogen-bond acceptors (Lipinski definition) is 2. The number of rotatable bonds is 4. The number of aromatic nitrogens is 1. The van der Waals surface area contributed by atoms with Crippen LogP contribution < -0.4 is 5.32 Å². The largest absolute Gasteiger partial charge is 0.417 e. The number of alkyl halides is 3. The van der Waals surface area contributed by atoms with Gasteiger partial charge >= 0.3 is 6.18 Å². The van der Waals surface area contributed by atoms with Gasteiger partial charge in [-0.05, 0) is 24.3 Å². The van der Waals surface area contributed by atoms with Gasteiger partial charge in [-0.25, -0.2) is 4.39 Å². The molecule has 112 valence electrons. The van der Waals surface area contributed by atoms with E-state index in [2.05, 4.69) is 10.3 Å². The smallest absolute Gasteiger partial charge is 0.307 e. The molecule has 0 fully saturated rings. The van der Waals surface area contributed by atoms with E-state index in [1.165, 1.54) is 18.2 Å². The van der Waals surface area contributed by atoms with Crippen molar-refractivity contribution in [1.29, 1.82) is 0 Å². The molecule has 0 unspecified atom stereocenters. The summed E-state index contributed by atoms with van der Waals surface area (Å²) in [4.78, 5) is 3.71. The van der Waals surface area contributed by atoms with Crippen LogP contribution in [-0.2, 0) is 19.3 Å². The van der Waals surface area contributed by atoms with Crippen LogP contribution in [0.2, 0.25) is 5.02 Å². The van der Waals surface area contributed by atoms with Gasteiger partial charge in [0.2, 0.25) is 0 Å². The minimum Gasteiger partial charge on any atom is -0.307 e. The molecule has 2 rings (SSSR count). The first-order chi connectivity index (χ1) is 9.88. The molecule has 0 saturated heterocycles. The first kappa shape index (κ1) is 15.7. The monoisotopic (exact) mass is 318 g/mol. The van der Waals surface area contributed by atoms with Crippen LogP contribution in [0.15, 0.2) is 36.5 Å². The van der Waals surface area contributed by atoms with Crippen molar-refractivity contribution < 1.29 is 17.6 Å². The second-order valence-corrected chi connectivity index (χ2v) is 4.75. The van der Waals surface area contributed by atoms with E-state index in [1.54, 1.807) is 6.07 Å². The summed E-state index contributed by atoms with van der Waals surface area (Å²) in [6.45, 7) is 0.372. The molecule has 0 aliphatic heterocycles. The molecule has 1 N–H and O–H groups in total. The highest BCUT2D eigenvalue weighted by atomic mass is 35.5. The molecule has 7 heteroatoms. The average molecular weight is 319 g/mol. The average Bonchev–Trinajstić information content (AvgIpc) is 2.42. The molecule has 0 amide bonds. The van der Waals surface area contributed by atoms with Crippen molar-refractivity contribution in [3.05, 3.63) is 64.2 Å². The van der Waals surface area contributed by atoms with Crippen molar-refractivity contribution in [2.75, 3.05) is 0 Å². The summed E-state index contributed by atoms with van der Waals surface area (Å²) in [6, 6.07) is 6.59. The highest BCUT2D eigenvalue weighted by Crippen LogP contribution is 2.28. The third-order valence-corrected chi connectivity index (χ3v) is 3.18. The lowest BCUT2D eigenvalue weighted by Crippen LogP contribution is -2.15. The topological polar surface area (TPSA) is 24.9 Å². The van der Waals surface area contributed by atoms with E-state index in [-0.39, 0.29) is 13.1 Å². The third kappa shape index (κ3) is 4.15. The first-order valence-electron chi connectivity index (χ1n) is 6.03. The number of benzene rings is 1. The number of halogens is 5. The van der Waals surface area contributed by atoms with E-state index in [9.17, 15) is 17.6 Å². The van der Waals surface area contributed by atoms with Gasteiger partial charge in [-0.15, -0.1) is 0 Å². The molecule has 2 nitrogen and oxygen atoms in total. The number of nitrogens with one attached hydrogen (secondary N) is 1. The van der Waals surface area contributed by atoms with Crippen LogP contribution in [0.4, 0.5) is 17.6 Å². The first-order valence-corrected chi connectivity index (χ1v) is 6.41. The lowest BCUT2D eigenvalue weighted by Gasteiger charge is -2.09. The van der Waals surface area contributed by atoms with E-state index in [4.69, 9.17) is 11.6 Å². The number of pyridine rings is 1. The Morgan fingerprint density at radius 2 is 1.86 bits per heavy atom. The van der Waals surface area contributed by atoms with Gasteiger partial charge in [-0.3, -0.25) is 4.98 Å². The highest BCUT2D eigenvalue weighted by molar-refractivity contribution is 6.31. The predicted octanol–water partition coefficient (Wildman–Crippen LogP) is 4.18. The van der Waals surface area contributed by atoms with Gasteiger partial charge in [0.05, 0.1) is 11.3 Å². The lowest BCUT2D eigenvalue weighted by atomic mass is 10.2. The summed E-state index contributed by atoms with van der Waals surface area (Å²) in [5.74, 6) is -0.435. The quantitative estimate of drug-likeness (QED) is 0.855. The van der Waals surface area contributed by atoms with Crippen LogP contribution in [0.3, 0.4) is 0 Å². The van der Waals surface area contributed by atoms with Crippen molar-refractivity contribution in [3.63, 3.8) is 0 Å². The minimum atomic E-state index is -4.40. The Hall–Kier alpha value is -1.66. The third-order valence-electron chi connectivity index (χ3n) is 2.82. The zero-order valence-corrected chi connectivity index (χ0v) is 11.5. The minimum absolute atomic E-state index is 0.161. The molecule has 0 saturated carbocycles. The van der Waals surface area contributed by atoms with Gasteiger partial charge in [0.15, 0.2) is 0 Å². The molecule has 0 radical (unpaired) electrons. The van der Waals surface area contributed by atoms with Crippen molar-refractivity contribution in [2.45, 2.75) is 19.3 Å². The Balaban J connectivity index is 1.95. The van der Waals surface area contributed by atoms with Gasteiger partial charge in [0, 0.05) is 29.9 Å². The zero-order chi connectivity index (χ0) is 15.5. The Labute approximate surface area is 123 Å².